The van der Waals surface area contributed by atoms with Crippen molar-refractivity contribution in [3.63, 3.8) is 0 Å². The van der Waals surface area contributed by atoms with Crippen LogP contribution in [0.1, 0.15) is 17.7 Å². The van der Waals surface area contributed by atoms with Gasteiger partial charge in [0.1, 0.15) is 5.76 Å². The lowest BCUT2D eigenvalue weighted by Gasteiger charge is -2.07. The van der Waals surface area contributed by atoms with Crippen LogP contribution in [0.25, 0.3) is 0 Å². The fraction of sp³-hybridized carbons (Fsp3) is 0.333. The first-order valence-corrected chi connectivity index (χ1v) is 8.84. The minimum Gasteiger partial charge on any atom is -0.360 e. The normalized spacial score (nSPS) is 11.2. The minimum atomic E-state index is -3.57. The predicted molar refractivity (Wildman–Crippen MR) is 86.4 cm³/mol. The number of rotatable bonds is 8. The summed E-state index contributed by atoms with van der Waals surface area (Å²) in [5.74, 6) is 0.242. The van der Waals surface area contributed by atoms with Gasteiger partial charge in [-0.2, -0.15) is 0 Å². The third-order valence-corrected chi connectivity index (χ3v) is 4.33. The summed E-state index contributed by atoms with van der Waals surface area (Å²) in [6, 6.07) is 11.1. The van der Waals surface area contributed by atoms with Crippen LogP contribution in [0.5, 0.6) is 0 Å². The van der Waals surface area contributed by atoms with Gasteiger partial charge in [0.25, 0.3) is 0 Å². The predicted octanol–water partition coefficient (Wildman–Crippen LogP) is 1.47. The highest BCUT2D eigenvalue weighted by molar-refractivity contribution is 7.92. The van der Waals surface area contributed by atoms with Crippen LogP contribution in [0.3, 0.4) is 0 Å². The quantitative estimate of drug-likeness (QED) is 0.759. The van der Waals surface area contributed by atoms with Gasteiger partial charge in [-0.15, -0.1) is 0 Å². The number of anilines is 1. The summed E-state index contributed by atoms with van der Waals surface area (Å²) in [7, 11) is -3.57. The Labute approximate surface area is 135 Å². The number of amides is 1. The molecule has 0 bridgehead atoms. The summed E-state index contributed by atoms with van der Waals surface area (Å²) in [6.45, 7) is 1.71. The van der Waals surface area contributed by atoms with Crippen molar-refractivity contribution < 1.29 is 17.7 Å². The lowest BCUT2D eigenvalue weighted by Crippen LogP contribution is -2.31. The molecule has 0 aliphatic rings. The van der Waals surface area contributed by atoms with Gasteiger partial charge in [0.15, 0.2) is 5.82 Å². The largest absolute Gasteiger partial charge is 0.360 e. The maximum atomic E-state index is 11.8. The Kier molecular flexibility index (Phi) is 5.75. The third kappa shape index (κ3) is 6.11. The first-order chi connectivity index (χ1) is 10.9. The molecule has 1 aromatic heterocycles. The van der Waals surface area contributed by atoms with Gasteiger partial charge in [-0.25, -0.2) is 8.42 Å². The van der Waals surface area contributed by atoms with Crippen LogP contribution in [0.15, 0.2) is 40.9 Å². The summed E-state index contributed by atoms with van der Waals surface area (Å²) in [4.78, 5) is 11.7. The van der Waals surface area contributed by atoms with Crippen LogP contribution in [0, 0.1) is 6.92 Å². The van der Waals surface area contributed by atoms with Gasteiger partial charge in [-0.3, -0.25) is 9.52 Å². The number of aromatic nitrogens is 1. The van der Waals surface area contributed by atoms with Crippen LogP contribution in [-0.2, 0) is 21.2 Å². The van der Waals surface area contributed by atoms with E-state index in [1.54, 1.807) is 6.92 Å². The van der Waals surface area contributed by atoms with Gasteiger partial charge >= 0.3 is 0 Å². The molecule has 0 unspecified atom stereocenters. The molecule has 2 N–H and O–H groups in total. The van der Waals surface area contributed by atoms with E-state index in [0.717, 1.165) is 5.56 Å². The Morgan fingerprint density at radius 1 is 1.26 bits per heavy atom. The number of nitrogens with one attached hydrogen (secondary N) is 2. The molecule has 124 valence electrons. The zero-order valence-corrected chi connectivity index (χ0v) is 13.6. The summed E-state index contributed by atoms with van der Waals surface area (Å²) in [6.07, 6.45) is 0.940. The number of hydrogen-bond donors (Lipinski definition) is 2. The molecular formula is C15H19N3O4S. The number of hydrogen-bond acceptors (Lipinski definition) is 5. The van der Waals surface area contributed by atoms with Gasteiger partial charge < -0.3 is 9.84 Å². The highest BCUT2D eigenvalue weighted by Gasteiger charge is 2.13. The molecule has 0 spiro atoms. The van der Waals surface area contributed by atoms with Crippen LogP contribution < -0.4 is 10.0 Å². The average Bonchev–Trinajstić information content (AvgIpc) is 2.90. The van der Waals surface area contributed by atoms with E-state index in [9.17, 15) is 13.2 Å². The zero-order valence-electron chi connectivity index (χ0n) is 12.8. The molecule has 23 heavy (non-hydrogen) atoms. The van der Waals surface area contributed by atoms with Gasteiger partial charge in [0.05, 0.1) is 5.75 Å². The molecule has 0 saturated heterocycles. The SMILES string of the molecule is Cc1cc(NS(=O)(=O)CCNC(=O)CCc2ccccc2)no1. The maximum Gasteiger partial charge on any atom is 0.235 e. The van der Waals surface area contributed by atoms with E-state index in [1.165, 1.54) is 6.07 Å². The molecule has 8 heteroatoms. The highest BCUT2D eigenvalue weighted by atomic mass is 32.2. The molecule has 0 radical (unpaired) electrons. The average molecular weight is 337 g/mol. The fourth-order valence-electron chi connectivity index (χ4n) is 1.94. The van der Waals surface area contributed by atoms with Crippen LogP contribution in [0.4, 0.5) is 5.82 Å². The van der Waals surface area contributed by atoms with E-state index < -0.39 is 10.0 Å². The highest BCUT2D eigenvalue weighted by Crippen LogP contribution is 2.09. The van der Waals surface area contributed by atoms with Crippen molar-refractivity contribution in [2.45, 2.75) is 19.8 Å². The number of nitrogens with zero attached hydrogens (tertiary/aromatic N) is 1. The van der Waals surface area contributed by atoms with E-state index in [2.05, 4.69) is 15.2 Å². The topological polar surface area (TPSA) is 101 Å². The van der Waals surface area contributed by atoms with Crippen LogP contribution in [-0.4, -0.2) is 31.8 Å². The molecule has 0 aliphatic carbocycles. The number of aryl methyl sites for hydroxylation is 2. The van der Waals surface area contributed by atoms with Crippen molar-refractivity contribution in [1.82, 2.24) is 10.5 Å². The molecule has 2 aromatic rings. The van der Waals surface area contributed by atoms with Gasteiger partial charge in [-0.1, -0.05) is 35.5 Å². The Bertz CT molecular complexity index is 741. The maximum absolute atomic E-state index is 11.8. The molecule has 1 amide bonds. The summed E-state index contributed by atoms with van der Waals surface area (Å²) in [5, 5.41) is 6.15. The van der Waals surface area contributed by atoms with Crippen molar-refractivity contribution >= 4 is 21.7 Å². The molecule has 1 aromatic carbocycles. The second kappa shape index (κ2) is 7.77. The summed E-state index contributed by atoms with van der Waals surface area (Å²) >= 11 is 0. The Balaban J connectivity index is 1.70. The molecule has 0 fully saturated rings. The lowest BCUT2D eigenvalue weighted by molar-refractivity contribution is -0.120. The van der Waals surface area contributed by atoms with E-state index in [4.69, 9.17) is 4.52 Å². The van der Waals surface area contributed by atoms with E-state index in [-0.39, 0.29) is 24.0 Å². The molecule has 0 saturated carbocycles. The number of benzene rings is 1. The second-order valence-corrected chi connectivity index (χ2v) is 6.92. The summed E-state index contributed by atoms with van der Waals surface area (Å²) < 4.78 is 30.7. The third-order valence-electron chi connectivity index (χ3n) is 3.06. The van der Waals surface area contributed by atoms with Crippen molar-refractivity contribution in [2.24, 2.45) is 0 Å². The smallest absolute Gasteiger partial charge is 0.235 e. The number of sulfonamides is 1. The second-order valence-electron chi connectivity index (χ2n) is 5.08. The zero-order chi connectivity index (χ0) is 16.7. The molecule has 0 atom stereocenters. The van der Waals surface area contributed by atoms with Gasteiger partial charge in [0.2, 0.25) is 15.9 Å². The Hall–Kier alpha value is -2.35. The van der Waals surface area contributed by atoms with E-state index >= 15 is 0 Å². The van der Waals surface area contributed by atoms with Crippen molar-refractivity contribution in [3.8, 4) is 0 Å². The first-order valence-electron chi connectivity index (χ1n) is 7.19. The molecule has 7 nitrogen and oxygen atoms in total. The van der Waals surface area contributed by atoms with E-state index in [0.29, 0.717) is 18.6 Å². The molecule has 1 heterocycles. The Morgan fingerprint density at radius 3 is 2.65 bits per heavy atom. The monoisotopic (exact) mass is 337 g/mol. The molecular weight excluding hydrogens is 318 g/mol. The minimum absolute atomic E-state index is 0.0415. The van der Waals surface area contributed by atoms with Gasteiger partial charge in [-0.05, 0) is 18.9 Å². The number of carbonyl (C=O) groups is 1. The Morgan fingerprint density at radius 2 is 2.00 bits per heavy atom. The van der Waals surface area contributed by atoms with Gasteiger partial charge in [0, 0.05) is 19.0 Å². The van der Waals surface area contributed by atoms with Crippen molar-refractivity contribution in [1.29, 1.82) is 0 Å². The van der Waals surface area contributed by atoms with E-state index in [1.807, 2.05) is 30.3 Å². The van der Waals surface area contributed by atoms with Crippen LogP contribution in [0.2, 0.25) is 0 Å². The van der Waals surface area contributed by atoms with Crippen LogP contribution >= 0.6 is 0 Å². The molecule has 2 rings (SSSR count). The lowest BCUT2D eigenvalue weighted by atomic mass is 10.1. The summed E-state index contributed by atoms with van der Waals surface area (Å²) in [5.41, 5.74) is 1.07. The van der Waals surface area contributed by atoms with Crippen molar-refractivity contribution in [2.75, 3.05) is 17.0 Å². The van der Waals surface area contributed by atoms with Crippen molar-refractivity contribution in [3.05, 3.63) is 47.7 Å². The fourth-order valence-corrected chi connectivity index (χ4v) is 2.83. The number of carbonyl (C=O) groups excluding carboxylic acids is 1. The molecule has 0 aliphatic heterocycles. The standard InChI is InChI=1S/C15H19N3O4S/c1-12-11-14(17-22-12)18-23(20,21)10-9-16-15(19)8-7-13-5-3-2-4-6-13/h2-6,11H,7-10H2,1H3,(H,16,19)(H,17,18). The first kappa shape index (κ1) is 17.0.